The molecule has 0 aliphatic heterocycles. The summed E-state index contributed by atoms with van der Waals surface area (Å²) >= 11 is 0. The van der Waals surface area contributed by atoms with Crippen LogP contribution in [-0.4, -0.2) is 0 Å². The molecule has 0 unspecified atom stereocenters. The third-order valence-electron chi connectivity index (χ3n) is 28.6. The Balaban J connectivity index is 0.000000173. The Bertz CT molecular complexity index is 7560. The fourth-order valence-corrected chi connectivity index (χ4v) is 21.1. The van der Waals surface area contributed by atoms with Crippen molar-refractivity contribution in [1.82, 2.24) is 0 Å². The molecule has 22 rings (SSSR count). The van der Waals surface area contributed by atoms with E-state index in [4.69, 9.17) is 0 Å². The number of fused-ring (bicyclic) bond motifs is 6. The Hall–Kier alpha value is -16.9. The largest absolute Gasteiger partial charge is 0.311 e. The maximum absolute atomic E-state index is 2.42. The zero-order valence-corrected chi connectivity index (χ0v) is 82.4. The second-order valence-electron chi connectivity index (χ2n) is 39.9. The third kappa shape index (κ3) is 18.0. The Kier molecular flexibility index (Phi) is 25.2. The smallest absolute Gasteiger partial charge is 0.0701 e. The standard InChI is InChI=1S/C78H64N2.C60H52N2/c1-57-25-37-67(38-26-57)77(63-17-9-5-10-18-63,64-19-11-6-12-20-64)69-41-53-75(54-42-69)79(71-45-29-59(3)30-46-71)73-49-33-61(34-50-73)62-35-51-74(52-36-62)80(72-47-31-60(4)32-48-72)76-55-43-70(44-56-76)78(65-21-13-7-14-22-65,66-23-15-8-16-24-66)68-39-27-58(2)28-40-68;1-59(2,3)45-27-35-49(36-28-45)61(57-39-43-15-7-9-17-51(43)53-19-11-13-21-55(53)57)47-31-23-41(24-32-47)42-25-33-48(34-26-42)62(50-37-29-46(30-38-50)60(4,5)6)58-40-44-16-8-10-18-52(44)54-20-12-14-22-56(54)58/h5-56H,1-4H3;7-40H,1-6H3. The number of hydrogen-bond donors (Lipinski definition) is 0. The summed E-state index contributed by atoms with van der Waals surface area (Å²) in [5.74, 6) is 0. The van der Waals surface area contributed by atoms with Crippen LogP contribution >= 0.6 is 0 Å². The predicted octanol–water partition coefficient (Wildman–Crippen LogP) is 37.8. The van der Waals surface area contributed by atoms with Crippen LogP contribution in [-0.2, 0) is 21.7 Å². The van der Waals surface area contributed by atoms with E-state index in [1.165, 1.54) is 132 Å². The van der Waals surface area contributed by atoms with Crippen LogP contribution in [0, 0.1) is 27.7 Å². The molecule has 142 heavy (non-hydrogen) atoms. The maximum Gasteiger partial charge on any atom is 0.0701 e. The Labute approximate surface area is 837 Å². The van der Waals surface area contributed by atoms with Crippen LogP contribution in [0.3, 0.4) is 0 Å². The lowest BCUT2D eigenvalue weighted by atomic mass is 9.65. The fourth-order valence-electron chi connectivity index (χ4n) is 21.1. The van der Waals surface area contributed by atoms with Crippen LogP contribution in [0.1, 0.15) is 119 Å². The summed E-state index contributed by atoms with van der Waals surface area (Å²) in [5, 5.41) is 9.94. The molecule has 0 aromatic heterocycles. The summed E-state index contributed by atoms with van der Waals surface area (Å²) in [7, 11) is 0. The molecule has 0 saturated carbocycles. The summed E-state index contributed by atoms with van der Waals surface area (Å²) in [6, 6.07) is 192. The molecule has 688 valence electrons. The van der Waals surface area contributed by atoms with Crippen molar-refractivity contribution in [3.8, 4) is 22.3 Å². The number of rotatable bonds is 22. The summed E-state index contributed by atoms with van der Waals surface area (Å²) in [5.41, 5.74) is 34.3. The summed E-state index contributed by atoms with van der Waals surface area (Å²) in [4.78, 5) is 9.57. The highest BCUT2D eigenvalue weighted by Gasteiger charge is 2.41. The minimum atomic E-state index is -0.539. The molecule has 0 bridgehead atoms. The molecule has 0 saturated heterocycles. The Morgan fingerprint density at radius 1 is 0.141 bits per heavy atom. The van der Waals surface area contributed by atoms with Crippen molar-refractivity contribution in [2.24, 2.45) is 0 Å². The van der Waals surface area contributed by atoms with Gasteiger partial charge in [0.1, 0.15) is 0 Å². The zero-order valence-electron chi connectivity index (χ0n) is 82.4. The van der Waals surface area contributed by atoms with E-state index in [2.05, 4.69) is 611 Å². The van der Waals surface area contributed by atoms with Gasteiger partial charge in [0.25, 0.3) is 0 Å². The summed E-state index contributed by atoms with van der Waals surface area (Å²) in [6.07, 6.45) is 0. The average Bonchev–Trinajstić information content (AvgIpc) is 0.728. The summed E-state index contributed by atoms with van der Waals surface area (Å²) in [6.45, 7) is 22.2. The lowest BCUT2D eigenvalue weighted by molar-refractivity contribution is 0.590. The number of nitrogens with zero attached hydrogens (tertiary/aromatic N) is 4. The van der Waals surface area contributed by atoms with Gasteiger partial charge in [-0.1, -0.05) is 452 Å². The van der Waals surface area contributed by atoms with Gasteiger partial charge in [0.15, 0.2) is 0 Å². The van der Waals surface area contributed by atoms with Crippen molar-refractivity contribution in [3.05, 3.63) is 600 Å². The van der Waals surface area contributed by atoms with Gasteiger partial charge in [-0.15, -0.1) is 0 Å². The van der Waals surface area contributed by atoms with E-state index in [9.17, 15) is 0 Å². The molecule has 0 spiro atoms. The van der Waals surface area contributed by atoms with Crippen molar-refractivity contribution >= 4 is 111 Å². The van der Waals surface area contributed by atoms with Gasteiger partial charge < -0.3 is 19.6 Å². The topological polar surface area (TPSA) is 13.0 Å². The zero-order chi connectivity index (χ0) is 97.1. The molecule has 0 aliphatic carbocycles. The van der Waals surface area contributed by atoms with Crippen LogP contribution in [0.4, 0.5) is 68.2 Å². The molecule has 0 atom stereocenters. The number of aryl methyl sites for hydroxylation is 4. The first-order valence-electron chi connectivity index (χ1n) is 49.6. The molecule has 0 amide bonds. The lowest BCUT2D eigenvalue weighted by Crippen LogP contribution is -2.31. The van der Waals surface area contributed by atoms with E-state index in [0.717, 1.165) is 79.4 Å². The normalized spacial score (nSPS) is 11.7. The molecule has 22 aromatic carbocycles. The van der Waals surface area contributed by atoms with Crippen LogP contribution in [0.2, 0.25) is 0 Å². The van der Waals surface area contributed by atoms with Crippen LogP contribution < -0.4 is 19.6 Å². The minimum absolute atomic E-state index is 0.0629. The van der Waals surface area contributed by atoms with E-state index in [1.54, 1.807) is 0 Å². The van der Waals surface area contributed by atoms with Gasteiger partial charge in [0, 0.05) is 67.6 Å². The minimum Gasteiger partial charge on any atom is -0.311 e. The highest BCUT2D eigenvalue weighted by atomic mass is 15.2. The van der Waals surface area contributed by atoms with Crippen molar-refractivity contribution < 1.29 is 0 Å². The van der Waals surface area contributed by atoms with Crippen LogP contribution in [0.25, 0.3) is 65.3 Å². The van der Waals surface area contributed by atoms with Gasteiger partial charge in [-0.3, -0.25) is 0 Å². The number of anilines is 12. The maximum atomic E-state index is 2.42. The van der Waals surface area contributed by atoms with Gasteiger partial charge >= 0.3 is 0 Å². The second-order valence-corrected chi connectivity index (χ2v) is 39.9. The summed E-state index contributed by atoms with van der Waals surface area (Å²) < 4.78 is 0. The first-order chi connectivity index (χ1) is 69.3. The van der Waals surface area contributed by atoms with Gasteiger partial charge in [0.05, 0.1) is 22.2 Å². The second kappa shape index (κ2) is 39.2. The van der Waals surface area contributed by atoms with Crippen molar-refractivity contribution in [1.29, 1.82) is 0 Å². The average molecular weight is 1830 g/mol. The molecule has 22 aromatic rings. The first-order valence-corrected chi connectivity index (χ1v) is 49.6. The highest BCUT2D eigenvalue weighted by molar-refractivity contribution is 6.16. The predicted molar refractivity (Wildman–Crippen MR) is 605 cm³/mol. The number of benzene rings is 22. The van der Waals surface area contributed by atoms with Crippen molar-refractivity contribution in [2.45, 2.75) is 90.9 Å². The van der Waals surface area contributed by atoms with Crippen molar-refractivity contribution in [2.75, 3.05) is 19.6 Å². The SMILES string of the molecule is CC(C)(C)c1ccc(N(c2ccc(-c3ccc(N(c4ccc(C(C)(C)C)cc4)c4cc5ccccc5c5ccccc45)cc3)cc2)c2cc3ccccc3c3ccccc23)cc1.Cc1ccc(N(c2ccc(-c3ccc(N(c4ccc(C)cc4)c4ccc(C(c5ccccc5)(c5ccccc5)c5ccc(C)cc5)cc4)cc3)cc2)c2ccc(C(c3ccccc3)(c3ccccc3)c3ccc(C)cc3)cc2)cc1. The highest BCUT2D eigenvalue weighted by Crippen LogP contribution is 2.52. The first kappa shape index (κ1) is 91.5. The lowest BCUT2D eigenvalue weighted by Gasteiger charge is -2.37. The molecule has 0 heterocycles. The molecule has 4 nitrogen and oxygen atoms in total. The number of hydrogen-bond acceptors (Lipinski definition) is 4. The third-order valence-corrected chi connectivity index (χ3v) is 28.6. The Morgan fingerprint density at radius 3 is 0.549 bits per heavy atom. The van der Waals surface area contributed by atoms with Gasteiger partial charge in [-0.25, -0.2) is 0 Å². The molecule has 0 fully saturated rings. The molecular weight excluding hydrogens is 1710 g/mol. The van der Waals surface area contributed by atoms with Gasteiger partial charge in [-0.05, 0) is 282 Å². The molecule has 0 aliphatic rings. The van der Waals surface area contributed by atoms with E-state index in [0.29, 0.717) is 0 Å². The van der Waals surface area contributed by atoms with E-state index in [1.807, 2.05) is 0 Å². The Morgan fingerprint density at radius 2 is 0.310 bits per heavy atom. The molecule has 4 heteroatoms. The van der Waals surface area contributed by atoms with E-state index in [-0.39, 0.29) is 10.8 Å². The van der Waals surface area contributed by atoms with Crippen molar-refractivity contribution in [3.63, 3.8) is 0 Å². The van der Waals surface area contributed by atoms with E-state index < -0.39 is 10.8 Å². The molecule has 0 N–H and O–H groups in total. The quantitative estimate of drug-likeness (QED) is 0.0495. The van der Waals surface area contributed by atoms with Crippen LogP contribution in [0.15, 0.2) is 522 Å². The monoisotopic (exact) mass is 1830 g/mol. The molecule has 0 radical (unpaired) electrons. The van der Waals surface area contributed by atoms with Gasteiger partial charge in [0.2, 0.25) is 0 Å². The fraction of sp³-hybridized carbons (Fsp3) is 0.101. The molecular formula is C138H116N4. The van der Waals surface area contributed by atoms with E-state index >= 15 is 0 Å². The van der Waals surface area contributed by atoms with Crippen LogP contribution in [0.5, 0.6) is 0 Å². The van der Waals surface area contributed by atoms with Gasteiger partial charge in [-0.2, -0.15) is 0 Å².